The number of nitrogens with two attached hydrogens (primary N) is 1. The van der Waals surface area contributed by atoms with Crippen molar-refractivity contribution in [2.24, 2.45) is 7.05 Å². The number of hydrogen-bond donors (Lipinski definition) is 1. The summed E-state index contributed by atoms with van der Waals surface area (Å²) in [4.78, 5) is 8.35. The van der Waals surface area contributed by atoms with E-state index in [1.165, 1.54) is 0 Å². The number of anilines is 1. The van der Waals surface area contributed by atoms with Gasteiger partial charge in [0, 0.05) is 24.5 Å². The van der Waals surface area contributed by atoms with Crippen LogP contribution in [-0.2, 0) is 7.05 Å². The van der Waals surface area contributed by atoms with Gasteiger partial charge in [-0.25, -0.2) is 9.97 Å². The van der Waals surface area contributed by atoms with Crippen LogP contribution >= 0.6 is 0 Å². The fourth-order valence-electron chi connectivity index (χ4n) is 1.86. The Morgan fingerprint density at radius 1 is 1.29 bits per heavy atom. The lowest BCUT2D eigenvalue weighted by atomic mass is 10.0. The molecule has 2 aromatic heterocycles. The summed E-state index contributed by atoms with van der Waals surface area (Å²) >= 11 is 0. The summed E-state index contributed by atoms with van der Waals surface area (Å²) in [6.45, 7) is 6.14. The van der Waals surface area contributed by atoms with Gasteiger partial charge in [0.1, 0.15) is 0 Å². The predicted molar refractivity (Wildman–Crippen MR) is 67.5 cm³/mol. The van der Waals surface area contributed by atoms with Gasteiger partial charge in [-0.15, -0.1) is 0 Å². The molecular weight excluding hydrogens is 214 g/mol. The molecule has 0 amide bonds. The monoisotopic (exact) mass is 231 g/mol. The third-order valence-electron chi connectivity index (χ3n) is 2.55. The molecule has 0 aliphatic heterocycles. The van der Waals surface area contributed by atoms with Crippen LogP contribution in [0.25, 0.3) is 11.3 Å². The van der Waals surface area contributed by atoms with E-state index >= 15 is 0 Å². The summed E-state index contributed by atoms with van der Waals surface area (Å²) in [5.74, 6) is 0.654. The van der Waals surface area contributed by atoms with E-state index in [4.69, 9.17) is 5.73 Å². The summed E-state index contributed by atoms with van der Waals surface area (Å²) in [5.41, 5.74) is 9.45. The molecular formula is C12H17N5. The van der Waals surface area contributed by atoms with Gasteiger partial charge < -0.3 is 5.73 Å². The minimum Gasteiger partial charge on any atom is -0.368 e. The molecule has 0 spiro atoms. The Balaban J connectivity index is 2.59. The molecule has 0 radical (unpaired) electrons. The first kappa shape index (κ1) is 11.6. The van der Waals surface area contributed by atoms with Crippen molar-refractivity contribution in [3.8, 4) is 11.3 Å². The van der Waals surface area contributed by atoms with Gasteiger partial charge in [-0.3, -0.25) is 4.68 Å². The van der Waals surface area contributed by atoms with Gasteiger partial charge in [-0.1, -0.05) is 13.8 Å². The van der Waals surface area contributed by atoms with Crippen molar-refractivity contribution in [3.05, 3.63) is 23.7 Å². The second kappa shape index (κ2) is 4.16. The molecule has 5 heteroatoms. The van der Waals surface area contributed by atoms with Crippen molar-refractivity contribution in [1.29, 1.82) is 0 Å². The second-order valence-corrected chi connectivity index (χ2v) is 4.51. The molecule has 0 bridgehead atoms. The average Bonchev–Trinajstić information content (AvgIpc) is 2.59. The molecule has 0 atom stereocenters. The van der Waals surface area contributed by atoms with E-state index in [0.717, 1.165) is 22.6 Å². The number of rotatable bonds is 2. The summed E-state index contributed by atoms with van der Waals surface area (Å²) in [7, 11) is 1.91. The fraction of sp³-hybridized carbons (Fsp3) is 0.417. The van der Waals surface area contributed by atoms with Crippen molar-refractivity contribution < 1.29 is 0 Å². The highest BCUT2D eigenvalue weighted by Gasteiger charge is 2.15. The van der Waals surface area contributed by atoms with E-state index in [1.54, 1.807) is 4.68 Å². The zero-order valence-electron chi connectivity index (χ0n) is 10.6. The molecule has 2 heterocycles. The lowest BCUT2D eigenvalue weighted by Gasteiger charge is -2.05. The largest absolute Gasteiger partial charge is 0.368 e. The molecule has 0 saturated heterocycles. The highest BCUT2D eigenvalue weighted by molar-refractivity contribution is 5.63. The highest BCUT2D eigenvalue weighted by Crippen LogP contribution is 2.27. The number of aryl methyl sites for hydroxylation is 2. The van der Waals surface area contributed by atoms with Gasteiger partial charge in [-0.05, 0) is 18.9 Å². The molecule has 0 saturated carbocycles. The zero-order valence-corrected chi connectivity index (χ0v) is 10.6. The third kappa shape index (κ3) is 2.27. The topological polar surface area (TPSA) is 69.6 Å². The molecule has 2 N–H and O–H groups in total. The second-order valence-electron chi connectivity index (χ2n) is 4.51. The number of nitrogens with zero attached hydrogens (tertiary/aromatic N) is 4. The van der Waals surface area contributed by atoms with Crippen molar-refractivity contribution in [3.63, 3.8) is 0 Å². The molecule has 0 aliphatic carbocycles. The molecule has 5 nitrogen and oxygen atoms in total. The van der Waals surface area contributed by atoms with E-state index in [2.05, 4.69) is 28.9 Å². The van der Waals surface area contributed by atoms with Gasteiger partial charge >= 0.3 is 0 Å². The zero-order chi connectivity index (χ0) is 12.6. The molecule has 0 fully saturated rings. The van der Waals surface area contributed by atoms with Crippen molar-refractivity contribution >= 4 is 5.95 Å². The minimum absolute atomic E-state index is 0.304. The third-order valence-corrected chi connectivity index (χ3v) is 2.55. The summed E-state index contributed by atoms with van der Waals surface area (Å²) in [5, 5.41) is 4.46. The number of nitrogen functional groups attached to an aromatic ring is 1. The van der Waals surface area contributed by atoms with Crippen LogP contribution < -0.4 is 5.73 Å². The van der Waals surface area contributed by atoms with Gasteiger partial charge in [0.15, 0.2) is 0 Å². The first-order valence-electron chi connectivity index (χ1n) is 5.62. The number of aromatic nitrogens is 4. The van der Waals surface area contributed by atoms with Gasteiger partial charge in [-0.2, -0.15) is 5.10 Å². The van der Waals surface area contributed by atoms with Crippen LogP contribution in [0.1, 0.15) is 31.2 Å². The van der Waals surface area contributed by atoms with Crippen LogP contribution in [-0.4, -0.2) is 19.7 Å². The normalized spacial score (nSPS) is 11.1. The first-order valence-corrected chi connectivity index (χ1v) is 5.62. The maximum absolute atomic E-state index is 5.68. The fourth-order valence-corrected chi connectivity index (χ4v) is 1.86. The SMILES string of the molecule is Cc1cc(-c2cn(C)nc2C(C)C)nc(N)n1. The Bertz CT molecular complexity index is 522. The smallest absolute Gasteiger partial charge is 0.220 e. The number of hydrogen-bond acceptors (Lipinski definition) is 4. The van der Waals surface area contributed by atoms with E-state index in [1.807, 2.05) is 26.2 Å². The Morgan fingerprint density at radius 2 is 2.00 bits per heavy atom. The standard InChI is InChI=1S/C12H17N5/c1-7(2)11-9(6-17(4)16-11)10-5-8(3)14-12(13)15-10/h5-7H,1-4H3,(H2,13,14,15). The quantitative estimate of drug-likeness (QED) is 0.856. The molecule has 90 valence electrons. The molecule has 0 aromatic carbocycles. The van der Waals surface area contributed by atoms with E-state index in [9.17, 15) is 0 Å². The Hall–Kier alpha value is -1.91. The van der Waals surface area contributed by atoms with Gasteiger partial charge in [0.05, 0.1) is 11.4 Å². The summed E-state index contributed by atoms with van der Waals surface area (Å²) in [6, 6.07) is 1.93. The lowest BCUT2D eigenvalue weighted by molar-refractivity contribution is 0.713. The van der Waals surface area contributed by atoms with Crippen molar-refractivity contribution in [1.82, 2.24) is 19.7 Å². The Labute approximate surface area is 101 Å². The molecule has 17 heavy (non-hydrogen) atoms. The molecule has 0 unspecified atom stereocenters. The van der Waals surface area contributed by atoms with E-state index in [0.29, 0.717) is 11.9 Å². The summed E-state index contributed by atoms with van der Waals surface area (Å²) < 4.78 is 1.80. The van der Waals surface area contributed by atoms with Crippen LogP contribution in [0.15, 0.2) is 12.3 Å². The maximum Gasteiger partial charge on any atom is 0.220 e. The average molecular weight is 231 g/mol. The van der Waals surface area contributed by atoms with Crippen LogP contribution in [0.5, 0.6) is 0 Å². The van der Waals surface area contributed by atoms with Crippen LogP contribution in [0, 0.1) is 6.92 Å². The minimum atomic E-state index is 0.304. The molecule has 0 aliphatic rings. The Kier molecular flexibility index (Phi) is 2.83. The first-order chi connectivity index (χ1) is 7.97. The van der Waals surface area contributed by atoms with Gasteiger partial charge in [0.2, 0.25) is 5.95 Å². The lowest BCUT2D eigenvalue weighted by Crippen LogP contribution is -1.99. The van der Waals surface area contributed by atoms with Crippen LogP contribution in [0.2, 0.25) is 0 Å². The van der Waals surface area contributed by atoms with E-state index in [-0.39, 0.29) is 0 Å². The van der Waals surface area contributed by atoms with Crippen LogP contribution in [0.4, 0.5) is 5.95 Å². The van der Waals surface area contributed by atoms with E-state index < -0.39 is 0 Å². The molecule has 2 aromatic rings. The highest BCUT2D eigenvalue weighted by atomic mass is 15.3. The predicted octanol–water partition coefficient (Wildman–Crippen LogP) is 1.89. The van der Waals surface area contributed by atoms with Crippen molar-refractivity contribution in [2.75, 3.05) is 5.73 Å². The maximum atomic E-state index is 5.68. The summed E-state index contributed by atoms with van der Waals surface area (Å²) in [6.07, 6.45) is 1.97. The van der Waals surface area contributed by atoms with Crippen molar-refractivity contribution in [2.45, 2.75) is 26.7 Å². The van der Waals surface area contributed by atoms with Gasteiger partial charge in [0.25, 0.3) is 0 Å². The Morgan fingerprint density at radius 3 is 2.59 bits per heavy atom. The van der Waals surface area contributed by atoms with Crippen LogP contribution in [0.3, 0.4) is 0 Å². The molecule has 2 rings (SSSR count).